The van der Waals surface area contributed by atoms with Gasteiger partial charge in [0.1, 0.15) is 5.75 Å². The summed E-state index contributed by atoms with van der Waals surface area (Å²) in [5.41, 5.74) is 2.69. The van der Waals surface area contributed by atoms with Gasteiger partial charge in [0.15, 0.2) is 11.6 Å². The third kappa shape index (κ3) is 5.00. The first-order valence-corrected chi connectivity index (χ1v) is 9.14. The van der Waals surface area contributed by atoms with Crippen molar-refractivity contribution in [2.45, 2.75) is 25.9 Å². The highest BCUT2D eigenvalue weighted by Crippen LogP contribution is 2.27. The van der Waals surface area contributed by atoms with Crippen molar-refractivity contribution in [2.24, 2.45) is 0 Å². The molecule has 3 aromatic rings. The first-order valence-electron chi connectivity index (χ1n) is 9.14. The van der Waals surface area contributed by atoms with E-state index >= 15 is 0 Å². The lowest BCUT2D eigenvalue weighted by Gasteiger charge is -2.25. The molecule has 0 N–H and O–H groups in total. The lowest BCUT2D eigenvalue weighted by Crippen LogP contribution is -2.24. The number of rotatable bonds is 7. The van der Waals surface area contributed by atoms with Crippen molar-refractivity contribution in [2.75, 3.05) is 6.61 Å². The highest BCUT2D eigenvalue weighted by molar-refractivity contribution is 5.37. The van der Waals surface area contributed by atoms with Crippen LogP contribution in [-0.2, 0) is 16.8 Å². The average molecular weight is 374 g/mol. The smallest absolute Gasteiger partial charge is 0.165 e. The molecule has 0 fully saturated rings. The van der Waals surface area contributed by atoms with Crippen molar-refractivity contribution in [1.29, 1.82) is 0 Å². The Kier molecular flexibility index (Phi) is 6.13. The van der Waals surface area contributed by atoms with Crippen molar-refractivity contribution in [3.05, 3.63) is 95.3 Å². The Hall–Kier alpha value is -3.09. The molecule has 3 heteroatoms. The first kappa shape index (κ1) is 19.7. The summed E-state index contributed by atoms with van der Waals surface area (Å²) in [6.45, 7) is 5.13. The van der Waals surface area contributed by atoms with Crippen LogP contribution in [0.3, 0.4) is 0 Å². The molecule has 0 aromatic heterocycles. The molecule has 0 atom stereocenters. The van der Waals surface area contributed by atoms with Crippen LogP contribution >= 0.6 is 0 Å². The van der Waals surface area contributed by atoms with Gasteiger partial charge >= 0.3 is 0 Å². The van der Waals surface area contributed by atoms with Crippen molar-refractivity contribution in [3.8, 4) is 23.8 Å². The summed E-state index contributed by atoms with van der Waals surface area (Å²) in [6, 6.07) is 21.9. The molecule has 28 heavy (non-hydrogen) atoms. The van der Waals surface area contributed by atoms with Gasteiger partial charge in [-0.25, -0.2) is 4.39 Å². The van der Waals surface area contributed by atoms with E-state index in [2.05, 4.69) is 19.8 Å². The number of halogens is 1. The number of hydrogen-bond donors (Lipinski definition) is 0. The van der Waals surface area contributed by atoms with E-state index in [1.165, 1.54) is 6.07 Å². The fourth-order valence-electron chi connectivity index (χ4n) is 2.86. The molecule has 0 bridgehead atoms. The summed E-state index contributed by atoms with van der Waals surface area (Å²) in [7, 11) is 0. The second-order valence-electron chi connectivity index (χ2n) is 7.28. The van der Waals surface area contributed by atoms with Gasteiger partial charge in [0.25, 0.3) is 0 Å². The molecule has 0 unspecified atom stereocenters. The van der Waals surface area contributed by atoms with Crippen LogP contribution in [0.2, 0.25) is 0 Å². The molecule has 0 saturated carbocycles. The molecule has 0 spiro atoms. The Bertz CT molecular complexity index is 954. The van der Waals surface area contributed by atoms with E-state index in [4.69, 9.17) is 15.9 Å². The molecule has 0 amide bonds. The first-order chi connectivity index (χ1) is 13.5. The van der Waals surface area contributed by atoms with Gasteiger partial charge < -0.3 is 9.47 Å². The minimum atomic E-state index is -0.401. The SMILES string of the molecule is C#Cc1ccc(C(C)(C)COCc2ccc(F)c(Oc3ccccc3)c2)cc1. The summed E-state index contributed by atoms with van der Waals surface area (Å²) < 4.78 is 25.6. The molecule has 0 radical (unpaired) electrons. The normalized spacial score (nSPS) is 11.1. The number of ether oxygens (including phenoxy) is 2. The summed E-state index contributed by atoms with van der Waals surface area (Å²) in [5, 5.41) is 0. The third-order valence-electron chi connectivity index (χ3n) is 4.53. The van der Waals surface area contributed by atoms with Crippen molar-refractivity contribution >= 4 is 0 Å². The molecule has 0 aliphatic heterocycles. The van der Waals surface area contributed by atoms with E-state index in [0.29, 0.717) is 19.0 Å². The zero-order chi connectivity index (χ0) is 20.0. The maximum Gasteiger partial charge on any atom is 0.165 e. The van der Waals surface area contributed by atoms with Gasteiger partial charge in [-0.2, -0.15) is 0 Å². The molecule has 0 saturated heterocycles. The van der Waals surface area contributed by atoms with Gasteiger partial charge in [0.2, 0.25) is 0 Å². The molecule has 142 valence electrons. The van der Waals surface area contributed by atoms with E-state index in [0.717, 1.165) is 16.7 Å². The van der Waals surface area contributed by atoms with E-state index in [-0.39, 0.29) is 11.2 Å². The Labute approximate surface area is 165 Å². The molecule has 3 rings (SSSR count). The average Bonchev–Trinajstić information content (AvgIpc) is 2.71. The lowest BCUT2D eigenvalue weighted by molar-refractivity contribution is 0.0823. The van der Waals surface area contributed by atoms with E-state index < -0.39 is 5.82 Å². The van der Waals surface area contributed by atoms with Crippen LogP contribution in [0.25, 0.3) is 0 Å². The predicted molar refractivity (Wildman–Crippen MR) is 110 cm³/mol. The largest absolute Gasteiger partial charge is 0.454 e. The Morgan fingerprint density at radius 1 is 0.964 bits per heavy atom. The molecule has 3 aromatic carbocycles. The fraction of sp³-hybridized carbons (Fsp3) is 0.200. The number of para-hydroxylation sites is 1. The van der Waals surface area contributed by atoms with Gasteiger partial charge in [0.05, 0.1) is 13.2 Å². The van der Waals surface area contributed by atoms with Gasteiger partial charge in [0, 0.05) is 11.0 Å². The summed E-state index contributed by atoms with van der Waals surface area (Å²) in [4.78, 5) is 0. The molecular formula is C25H23FO2. The molecule has 2 nitrogen and oxygen atoms in total. The zero-order valence-electron chi connectivity index (χ0n) is 16.1. The maximum atomic E-state index is 14.1. The summed E-state index contributed by atoms with van der Waals surface area (Å²) in [6.07, 6.45) is 5.41. The van der Waals surface area contributed by atoms with Crippen LogP contribution in [0, 0.1) is 18.2 Å². The van der Waals surface area contributed by atoms with Crippen LogP contribution in [0.15, 0.2) is 72.8 Å². The van der Waals surface area contributed by atoms with Gasteiger partial charge in [-0.05, 0) is 47.5 Å². The van der Waals surface area contributed by atoms with Crippen LogP contribution < -0.4 is 4.74 Å². The minimum absolute atomic E-state index is 0.170. The highest BCUT2D eigenvalue weighted by Gasteiger charge is 2.21. The molecular weight excluding hydrogens is 351 g/mol. The maximum absolute atomic E-state index is 14.1. The monoisotopic (exact) mass is 374 g/mol. The van der Waals surface area contributed by atoms with Crippen LogP contribution in [0.5, 0.6) is 11.5 Å². The number of hydrogen-bond acceptors (Lipinski definition) is 2. The van der Waals surface area contributed by atoms with Crippen molar-refractivity contribution in [1.82, 2.24) is 0 Å². The third-order valence-corrected chi connectivity index (χ3v) is 4.53. The Morgan fingerprint density at radius 2 is 1.68 bits per heavy atom. The molecule has 0 heterocycles. The number of terminal acetylenes is 1. The molecule has 0 aliphatic carbocycles. The second kappa shape index (κ2) is 8.73. The minimum Gasteiger partial charge on any atom is -0.454 e. The van der Waals surface area contributed by atoms with Crippen LogP contribution in [0.4, 0.5) is 4.39 Å². The zero-order valence-corrected chi connectivity index (χ0v) is 16.1. The van der Waals surface area contributed by atoms with E-state index in [9.17, 15) is 4.39 Å². The predicted octanol–water partition coefficient (Wildman–Crippen LogP) is 6.09. The summed E-state index contributed by atoms with van der Waals surface area (Å²) in [5.74, 6) is 3.01. The van der Waals surface area contributed by atoms with Crippen molar-refractivity contribution < 1.29 is 13.9 Å². The van der Waals surface area contributed by atoms with Crippen molar-refractivity contribution in [3.63, 3.8) is 0 Å². The second-order valence-corrected chi connectivity index (χ2v) is 7.28. The van der Waals surface area contributed by atoms with E-state index in [1.54, 1.807) is 24.3 Å². The quantitative estimate of drug-likeness (QED) is 0.466. The van der Waals surface area contributed by atoms with E-state index in [1.807, 2.05) is 42.5 Å². The van der Waals surface area contributed by atoms with Gasteiger partial charge in [-0.3, -0.25) is 0 Å². The fourth-order valence-corrected chi connectivity index (χ4v) is 2.86. The topological polar surface area (TPSA) is 18.5 Å². The van der Waals surface area contributed by atoms with Gasteiger partial charge in [-0.15, -0.1) is 6.42 Å². The van der Waals surface area contributed by atoms with Gasteiger partial charge in [-0.1, -0.05) is 56.2 Å². The Balaban J connectivity index is 1.62. The standard InChI is InChI=1S/C25H23FO2/c1-4-19-10-13-21(14-11-19)25(2,3)18-27-17-20-12-15-23(26)24(16-20)28-22-8-6-5-7-9-22/h1,5-16H,17-18H2,2-3H3. The summed E-state index contributed by atoms with van der Waals surface area (Å²) >= 11 is 0. The Morgan fingerprint density at radius 3 is 2.36 bits per heavy atom. The lowest BCUT2D eigenvalue weighted by atomic mass is 9.85. The highest BCUT2D eigenvalue weighted by atomic mass is 19.1. The number of benzene rings is 3. The molecule has 0 aliphatic rings. The van der Waals surface area contributed by atoms with Crippen LogP contribution in [0.1, 0.15) is 30.5 Å². The van der Waals surface area contributed by atoms with Crippen LogP contribution in [-0.4, -0.2) is 6.61 Å².